The SMILES string of the molecule is CN(C)C(=O)C(O)C(N)CC1CCC1. The average Bonchev–Trinajstić information content (AvgIpc) is 2.08. The number of hydrogen-bond acceptors (Lipinski definition) is 3. The third-order valence-electron chi connectivity index (χ3n) is 2.93. The van der Waals surface area contributed by atoms with Crippen molar-refractivity contribution in [1.82, 2.24) is 4.90 Å². The molecule has 4 nitrogen and oxygen atoms in total. The Labute approximate surface area is 85.1 Å². The van der Waals surface area contributed by atoms with E-state index < -0.39 is 12.1 Å². The topological polar surface area (TPSA) is 66.6 Å². The van der Waals surface area contributed by atoms with Crippen LogP contribution in [0.3, 0.4) is 0 Å². The van der Waals surface area contributed by atoms with Gasteiger partial charge >= 0.3 is 0 Å². The van der Waals surface area contributed by atoms with E-state index in [1.54, 1.807) is 14.1 Å². The van der Waals surface area contributed by atoms with Gasteiger partial charge in [0.05, 0.1) is 0 Å². The Balaban J connectivity index is 2.34. The highest BCUT2D eigenvalue weighted by molar-refractivity contribution is 5.80. The van der Waals surface area contributed by atoms with Crippen LogP contribution in [-0.2, 0) is 4.79 Å². The van der Waals surface area contributed by atoms with Crippen molar-refractivity contribution in [3.63, 3.8) is 0 Å². The van der Waals surface area contributed by atoms with E-state index in [0.29, 0.717) is 5.92 Å². The summed E-state index contributed by atoms with van der Waals surface area (Å²) < 4.78 is 0. The molecular weight excluding hydrogens is 180 g/mol. The molecule has 1 rings (SSSR count). The number of rotatable bonds is 4. The zero-order valence-corrected chi connectivity index (χ0v) is 8.94. The molecule has 0 aromatic carbocycles. The minimum absolute atomic E-state index is 0.295. The van der Waals surface area contributed by atoms with E-state index in [2.05, 4.69) is 0 Å². The lowest BCUT2D eigenvalue weighted by Crippen LogP contribution is -2.47. The van der Waals surface area contributed by atoms with Gasteiger partial charge in [0.2, 0.25) is 0 Å². The van der Waals surface area contributed by atoms with Gasteiger partial charge in [-0.1, -0.05) is 19.3 Å². The van der Waals surface area contributed by atoms with Crippen LogP contribution >= 0.6 is 0 Å². The number of amides is 1. The molecule has 1 fully saturated rings. The van der Waals surface area contributed by atoms with Crippen molar-refractivity contribution in [3.05, 3.63) is 0 Å². The van der Waals surface area contributed by atoms with E-state index in [0.717, 1.165) is 6.42 Å². The van der Waals surface area contributed by atoms with E-state index in [4.69, 9.17) is 5.73 Å². The third kappa shape index (κ3) is 2.69. The lowest BCUT2D eigenvalue weighted by atomic mass is 9.80. The molecular formula is C10H20N2O2. The van der Waals surface area contributed by atoms with Gasteiger partial charge in [-0.05, 0) is 12.3 Å². The number of nitrogens with two attached hydrogens (primary N) is 1. The molecule has 3 N–H and O–H groups in total. The second-order valence-electron chi connectivity index (χ2n) is 4.37. The quantitative estimate of drug-likeness (QED) is 0.669. The van der Waals surface area contributed by atoms with E-state index in [1.807, 2.05) is 0 Å². The first-order valence-electron chi connectivity index (χ1n) is 5.17. The normalized spacial score (nSPS) is 21.1. The summed E-state index contributed by atoms with van der Waals surface area (Å²) in [7, 11) is 3.25. The summed E-state index contributed by atoms with van der Waals surface area (Å²) in [4.78, 5) is 12.7. The van der Waals surface area contributed by atoms with Crippen LogP contribution in [-0.4, -0.2) is 42.2 Å². The fourth-order valence-corrected chi connectivity index (χ4v) is 1.69. The van der Waals surface area contributed by atoms with Crippen LogP contribution in [0.25, 0.3) is 0 Å². The van der Waals surface area contributed by atoms with Gasteiger partial charge in [-0.3, -0.25) is 4.79 Å². The second-order valence-corrected chi connectivity index (χ2v) is 4.37. The Kier molecular flexibility index (Phi) is 3.89. The molecule has 0 aromatic heterocycles. The summed E-state index contributed by atoms with van der Waals surface area (Å²) >= 11 is 0. The van der Waals surface area contributed by atoms with Gasteiger partial charge in [0, 0.05) is 20.1 Å². The fraction of sp³-hybridized carbons (Fsp3) is 0.900. The van der Waals surface area contributed by atoms with Crippen LogP contribution in [0.15, 0.2) is 0 Å². The molecule has 1 aliphatic carbocycles. The van der Waals surface area contributed by atoms with Crippen LogP contribution < -0.4 is 5.73 Å². The summed E-state index contributed by atoms with van der Waals surface area (Å²) in [6, 6.07) is -0.407. The number of carbonyl (C=O) groups is 1. The van der Waals surface area contributed by atoms with E-state index in [1.165, 1.54) is 24.2 Å². The number of hydrogen-bond donors (Lipinski definition) is 2. The van der Waals surface area contributed by atoms with Gasteiger partial charge in [0.15, 0.2) is 0 Å². The highest BCUT2D eigenvalue weighted by Gasteiger charge is 2.28. The molecule has 4 heteroatoms. The minimum atomic E-state index is -1.04. The van der Waals surface area contributed by atoms with Gasteiger partial charge in [-0.25, -0.2) is 0 Å². The monoisotopic (exact) mass is 200 g/mol. The second kappa shape index (κ2) is 4.75. The van der Waals surface area contributed by atoms with Gasteiger partial charge in [0.25, 0.3) is 5.91 Å². The van der Waals surface area contributed by atoms with Gasteiger partial charge in [-0.15, -0.1) is 0 Å². The van der Waals surface area contributed by atoms with Crippen molar-refractivity contribution in [2.45, 2.75) is 37.8 Å². The molecule has 0 heterocycles. The Morgan fingerprint density at radius 2 is 2.14 bits per heavy atom. The van der Waals surface area contributed by atoms with E-state index in [9.17, 15) is 9.90 Å². The predicted octanol–water partition coefficient (Wildman–Crippen LogP) is -0.0470. The van der Waals surface area contributed by atoms with Crippen molar-refractivity contribution < 1.29 is 9.90 Å². The summed E-state index contributed by atoms with van der Waals surface area (Å²) in [6.07, 6.45) is 3.37. The first-order valence-corrected chi connectivity index (χ1v) is 5.17. The molecule has 0 spiro atoms. The smallest absolute Gasteiger partial charge is 0.252 e. The van der Waals surface area contributed by atoms with Crippen LogP contribution in [0, 0.1) is 5.92 Å². The number of carbonyl (C=O) groups excluding carboxylic acids is 1. The Hall–Kier alpha value is -0.610. The Morgan fingerprint density at radius 3 is 2.50 bits per heavy atom. The van der Waals surface area contributed by atoms with Gasteiger partial charge in [-0.2, -0.15) is 0 Å². The number of nitrogens with zero attached hydrogens (tertiary/aromatic N) is 1. The number of likely N-dealkylation sites (N-methyl/N-ethyl adjacent to an activating group) is 1. The average molecular weight is 200 g/mol. The number of aliphatic hydroxyl groups excluding tert-OH is 1. The van der Waals surface area contributed by atoms with E-state index in [-0.39, 0.29) is 5.91 Å². The van der Waals surface area contributed by atoms with Crippen molar-refractivity contribution in [2.24, 2.45) is 11.7 Å². The van der Waals surface area contributed by atoms with Crippen molar-refractivity contribution in [3.8, 4) is 0 Å². The molecule has 0 saturated heterocycles. The Bertz CT molecular complexity index is 202. The molecule has 1 aliphatic rings. The van der Waals surface area contributed by atoms with Crippen LogP contribution in [0.1, 0.15) is 25.7 Å². The largest absolute Gasteiger partial charge is 0.382 e. The van der Waals surface area contributed by atoms with E-state index >= 15 is 0 Å². The molecule has 0 radical (unpaired) electrons. The first-order chi connectivity index (χ1) is 6.52. The van der Waals surface area contributed by atoms with Crippen LogP contribution in [0.4, 0.5) is 0 Å². The molecule has 0 bridgehead atoms. The van der Waals surface area contributed by atoms with Gasteiger partial charge < -0.3 is 15.7 Å². The summed E-state index contributed by atoms with van der Waals surface area (Å²) in [5.74, 6) is 0.325. The summed E-state index contributed by atoms with van der Waals surface area (Å²) in [5.41, 5.74) is 5.77. The highest BCUT2D eigenvalue weighted by Crippen LogP contribution is 2.30. The lowest BCUT2D eigenvalue weighted by molar-refractivity contribution is -0.138. The molecule has 82 valence electrons. The molecule has 1 saturated carbocycles. The fourth-order valence-electron chi connectivity index (χ4n) is 1.69. The molecule has 0 aliphatic heterocycles. The maximum absolute atomic E-state index is 11.4. The third-order valence-corrected chi connectivity index (χ3v) is 2.93. The summed E-state index contributed by atoms with van der Waals surface area (Å²) in [5, 5.41) is 9.61. The minimum Gasteiger partial charge on any atom is -0.382 e. The predicted molar refractivity (Wildman–Crippen MR) is 54.6 cm³/mol. The lowest BCUT2D eigenvalue weighted by Gasteiger charge is -2.30. The van der Waals surface area contributed by atoms with Crippen molar-refractivity contribution in [2.75, 3.05) is 14.1 Å². The highest BCUT2D eigenvalue weighted by atomic mass is 16.3. The maximum Gasteiger partial charge on any atom is 0.252 e. The maximum atomic E-state index is 11.4. The van der Waals surface area contributed by atoms with Crippen molar-refractivity contribution >= 4 is 5.91 Å². The standard InChI is InChI=1S/C10H20N2O2/c1-12(2)10(14)9(13)8(11)6-7-4-3-5-7/h7-9,13H,3-6,11H2,1-2H3. The van der Waals surface area contributed by atoms with Crippen LogP contribution in [0.5, 0.6) is 0 Å². The zero-order chi connectivity index (χ0) is 10.7. The Morgan fingerprint density at radius 1 is 1.57 bits per heavy atom. The first kappa shape index (κ1) is 11.5. The van der Waals surface area contributed by atoms with Gasteiger partial charge in [0.1, 0.15) is 6.10 Å². The molecule has 2 unspecified atom stereocenters. The summed E-state index contributed by atoms with van der Waals surface area (Å²) in [6.45, 7) is 0. The molecule has 14 heavy (non-hydrogen) atoms. The zero-order valence-electron chi connectivity index (χ0n) is 8.94. The molecule has 0 aromatic rings. The molecule has 2 atom stereocenters. The number of aliphatic hydroxyl groups is 1. The van der Waals surface area contributed by atoms with Crippen LogP contribution in [0.2, 0.25) is 0 Å². The van der Waals surface area contributed by atoms with Crippen molar-refractivity contribution in [1.29, 1.82) is 0 Å². The molecule has 1 amide bonds.